The zero-order chi connectivity index (χ0) is 18.3. The lowest BCUT2D eigenvalue weighted by molar-refractivity contribution is 0.198. The number of hydrogen-bond donors (Lipinski definition) is 1. The van der Waals surface area contributed by atoms with E-state index in [0.29, 0.717) is 31.1 Å². The predicted octanol–water partition coefficient (Wildman–Crippen LogP) is 2.71. The zero-order valence-corrected chi connectivity index (χ0v) is 15.8. The Morgan fingerprint density at radius 2 is 1.76 bits per heavy atom. The van der Waals surface area contributed by atoms with Crippen LogP contribution in [-0.4, -0.2) is 46.1 Å². The van der Waals surface area contributed by atoms with Gasteiger partial charge in [-0.25, -0.2) is 8.42 Å². The summed E-state index contributed by atoms with van der Waals surface area (Å²) >= 11 is 0. The summed E-state index contributed by atoms with van der Waals surface area (Å²) in [6.45, 7) is 6.61. The zero-order valence-electron chi connectivity index (χ0n) is 15.0. The highest BCUT2D eigenvalue weighted by molar-refractivity contribution is 7.89. The van der Waals surface area contributed by atoms with Crippen LogP contribution in [0.2, 0.25) is 0 Å². The molecule has 0 unspecified atom stereocenters. The van der Waals surface area contributed by atoms with E-state index in [4.69, 9.17) is 9.15 Å². The quantitative estimate of drug-likeness (QED) is 0.655. The molecule has 0 bridgehead atoms. The summed E-state index contributed by atoms with van der Waals surface area (Å²) in [6, 6.07) is 10.6. The van der Waals surface area contributed by atoms with Crippen LogP contribution in [-0.2, 0) is 21.3 Å². The molecule has 6 nitrogen and oxygen atoms in total. The molecular weight excluding hydrogens is 340 g/mol. The number of rotatable bonds is 10. The summed E-state index contributed by atoms with van der Waals surface area (Å²) in [6.07, 6.45) is 0. The number of benzene rings is 1. The molecule has 1 heterocycles. The fourth-order valence-corrected chi connectivity index (χ4v) is 3.98. The van der Waals surface area contributed by atoms with Gasteiger partial charge in [0.2, 0.25) is 10.0 Å². The van der Waals surface area contributed by atoms with E-state index < -0.39 is 10.0 Å². The number of nitrogens with one attached hydrogen (secondary N) is 1. The lowest BCUT2D eigenvalue weighted by Crippen LogP contribution is -2.30. The van der Waals surface area contributed by atoms with Gasteiger partial charge in [0.25, 0.3) is 0 Å². The van der Waals surface area contributed by atoms with Gasteiger partial charge in [-0.2, -0.15) is 4.31 Å². The van der Waals surface area contributed by atoms with Gasteiger partial charge in [0.15, 0.2) is 0 Å². The van der Waals surface area contributed by atoms with Crippen LogP contribution in [0.5, 0.6) is 0 Å². The second-order valence-corrected chi connectivity index (χ2v) is 7.49. The third-order valence-corrected chi connectivity index (χ3v) is 5.99. The Labute approximate surface area is 149 Å². The number of methoxy groups -OCH3 is 1. The van der Waals surface area contributed by atoms with E-state index >= 15 is 0 Å². The van der Waals surface area contributed by atoms with Gasteiger partial charge in [-0.15, -0.1) is 0 Å². The van der Waals surface area contributed by atoms with Crippen LogP contribution < -0.4 is 5.32 Å². The highest BCUT2D eigenvalue weighted by Gasteiger charge is 2.21. The second-order valence-electron chi connectivity index (χ2n) is 5.55. The summed E-state index contributed by atoms with van der Waals surface area (Å²) in [5.41, 5.74) is 0.849. The summed E-state index contributed by atoms with van der Waals surface area (Å²) in [4.78, 5) is 0.299. The van der Waals surface area contributed by atoms with Crippen molar-refractivity contribution in [1.82, 2.24) is 9.62 Å². The first-order chi connectivity index (χ1) is 12.0. The summed E-state index contributed by atoms with van der Waals surface area (Å²) in [5.74, 6) is 1.54. The molecule has 0 saturated heterocycles. The Morgan fingerprint density at radius 3 is 2.36 bits per heavy atom. The van der Waals surface area contributed by atoms with E-state index in [2.05, 4.69) is 5.32 Å². The van der Waals surface area contributed by atoms with E-state index in [0.717, 1.165) is 23.6 Å². The Morgan fingerprint density at radius 1 is 1.08 bits per heavy atom. The van der Waals surface area contributed by atoms with Gasteiger partial charge in [-0.1, -0.05) is 13.8 Å². The molecule has 25 heavy (non-hydrogen) atoms. The largest absolute Gasteiger partial charge is 0.460 e. The van der Waals surface area contributed by atoms with Crippen molar-refractivity contribution in [3.63, 3.8) is 0 Å². The fourth-order valence-electron chi connectivity index (χ4n) is 2.52. The minimum absolute atomic E-state index is 0.299. The molecule has 0 amide bonds. The standard InChI is InChI=1S/C18H26N2O4S/c1-4-20(5-2)25(21,22)17-9-6-15(7-10-17)18-11-8-16(24-18)14-19-12-13-23-3/h6-11,19H,4-5,12-14H2,1-3H3. The van der Waals surface area contributed by atoms with Gasteiger partial charge in [-0.05, 0) is 36.4 Å². The summed E-state index contributed by atoms with van der Waals surface area (Å²) in [7, 11) is -1.77. The molecule has 0 radical (unpaired) electrons. The van der Waals surface area contributed by atoms with E-state index in [1.165, 1.54) is 4.31 Å². The van der Waals surface area contributed by atoms with Gasteiger partial charge in [0.05, 0.1) is 18.0 Å². The molecule has 0 atom stereocenters. The number of sulfonamides is 1. The van der Waals surface area contributed by atoms with Crippen LogP contribution in [0.3, 0.4) is 0 Å². The van der Waals surface area contributed by atoms with Crippen LogP contribution in [0.15, 0.2) is 45.7 Å². The van der Waals surface area contributed by atoms with Crippen LogP contribution in [0.4, 0.5) is 0 Å². The minimum Gasteiger partial charge on any atom is -0.460 e. The second kappa shape index (κ2) is 9.15. The summed E-state index contributed by atoms with van der Waals surface area (Å²) in [5, 5.41) is 3.22. The number of furan rings is 1. The van der Waals surface area contributed by atoms with E-state index in [1.807, 2.05) is 26.0 Å². The summed E-state index contributed by atoms with van der Waals surface area (Å²) < 4.78 is 37.2. The minimum atomic E-state index is -3.43. The molecule has 1 aromatic carbocycles. The maximum absolute atomic E-state index is 12.5. The Hall–Kier alpha value is -1.67. The van der Waals surface area contributed by atoms with E-state index in [-0.39, 0.29) is 0 Å². The number of nitrogens with zero attached hydrogens (tertiary/aromatic N) is 1. The molecular formula is C18H26N2O4S. The van der Waals surface area contributed by atoms with Gasteiger partial charge in [-0.3, -0.25) is 0 Å². The molecule has 2 aromatic rings. The third kappa shape index (κ3) is 4.92. The molecule has 138 valence electrons. The molecule has 0 saturated carbocycles. The molecule has 1 aromatic heterocycles. The molecule has 0 aliphatic heterocycles. The maximum Gasteiger partial charge on any atom is 0.243 e. The number of ether oxygens (including phenoxy) is 1. The van der Waals surface area contributed by atoms with Crippen molar-refractivity contribution in [1.29, 1.82) is 0 Å². The normalized spacial score (nSPS) is 12.0. The fraction of sp³-hybridized carbons (Fsp3) is 0.444. The average Bonchev–Trinajstić information content (AvgIpc) is 3.08. The highest BCUT2D eigenvalue weighted by Crippen LogP contribution is 2.25. The van der Waals surface area contributed by atoms with Crippen molar-refractivity contribution < 1.29 is 17.6 Å². The van der Waals surface area contributed by atoms with Crippen molar-refractivity contribution in [2.24, 2.45) is 0 Å². The molecule has 1 N–H and O–H groups in total. The highest BCUT2D eigenvalue weighted by atomic mass is 32.2. The molecule has 7 heteroatoms. The van der Waals surface area contributed by atoms with E-state index in [9.17, 15) is 8.42 Å². The smallest absolute Gasteiger partial charge is 0.243 e. The number of hydrogen-bond acceptors (Lipinski definition) is 5. The van der Waals surface area contributed by atoms with Crippen molar-refractivity contribution >= 4 is 10.0 Å². The molecule has 2 rings (SSSR count). The van der Waals surface area contributed by atoms with Crippen LogP contribution in [0.1, 0.15) is 19.6 Å². The Bertz CT molecular complexity index is 750. The van der Waals surface area contributed by atoms with Gasteiger partial charge in [0, 0.05) is 32.3 Å². The monoisotopic (exact) mass is 366 g/mol. The average molecular weight is 366 g/mol. The van der Waals surface area contributed by atoms with Crippen molar-refractivity contribution in [3.05, 3.63) is 42.2 Å². The predicted molar refractivity (Wildman–Crippen MR) is 97.8 cm³/mol. The van der Waals surface area contributed by atoms with Crippen molar-refractivity contribution in [3.8, 4) is 11.3 Å². The van der Waals surface area contributed by atoms with Crippen LogP contribution >= 0.6 is 0 Å². The molecule has 0 spiro atoms. The topological polar surface area (TPSA) is 71.8 Å². The maximum atomic E-state index is 12.5. The van der Waals surface area contributed by atoms with Gasteiger partial charge < -0.3 is 14.5 Å². The lowest BCUT2D eigenvalue weighted by Gasteiger charge is -2.18. The Kier molecular flexibility index (Phi) is 7.19. The first-order valence-corrected chi connectivity index (χ1v) is 9.85. The molecule has 0 fully saturated rings. The van der Waals surface area contributed by atoms with E-state index in [1.54, 1.807) is 31.4 Å². The molecule has 0 aliphatic rings. The third-order valence-electron chi connectivity index (χ3n) is 3.93. The molecule has 0 aliphatic carbocycles. The lowest BCUT2D eigenvalue weighted by atomic mass is 10.2. The van der Waals surface area contributed by atoms with Crippen molar-refractivity contribution in [2.45, 2.75) is 25.3 Å². The van der Waals surface area contributed by atoms with Crippen LogP contribution in [0, 0.1) is 0 Å². The van der Waals surface area contributed by atoms with Crippen LogP contribution in [0.25, 0.3) is 11.3 Å². The Balaban J connectivity index is 2.09. The van der Waals surface area contributed by atoms with Gasteiger partial charge >= 0.3 is 0 Å². The van der Waals surface area contributed by atoms with Gasteiger partial charge in [0.1, 0.15) is 11.5 Å². The van der Waals surface area contributed by atoms with Crippen molar-refractivity contribution in [2.75, 3.05) is 33.4 Å². The first kappa shape index (κ1) is 19.7. The SMILES string of the molecule is CCN(CC)S(=O)(=O)c1ccc(-c2ccc(CNCCOC)o2)cc1. The first-order valence-electron chi connectivity index (χ1n) is 8.41.